The minimum atomic E-state index is -0.832. The molecule has 15 heteroatoms. The van der Waals surface area contributed by atoms with E-state index < -0.39 is 35.3 Å². The number of alkyl carbamates (subject to hydrolysis) is 1. The van der Waals surface area contributed by atoms with Gasteiger partial charge < -0.3 is 40.2 Å². The average molecular weight is 747 g/mol. The molecule has 0 aromatic rings. The molecule has 14 atom stereocenters. The van der Waals surface area contributed by atoms with Crippen molar-refractivity contribution in [2.24, 2.45) is 64.9 Å². The number of ether oxygens (including phenoxy) is 4. The highest BCUT2D eigenvalue weighted by Crippen LogP contribution is 2.54. The summed E-state index contributed by atoms with van der Waals surface area (Å²) in [6.45, 7) is 7.74. The fraction of sp³-hybridized carbons (Fsp3) is 0.833. The van der Waals surface area contributed by atoms with Crippen molar-refractivity contribution in [3.63, 3.8) is 0 Å². The number of hydrogen-bond acceptors (Lipinski definition) is 11. The molecule has 2 saturated heterocycles. The smallest absolute Gasteiger partial charge is 0.407 e. The van der Waals surface area contributed by atoms with Gasteiger partial charge in [-0.2, -0.15) is 0 Å². The summed E-state index contributed by atoms with van der Waals surface area (Å²) in [7, 11) is 0. The Hall–Kier alpha value is -3.13. The number of carboxylic acids is 2. The minimum Gasteiger partial charge on any atom is -0.481 e. The largest absolute Gasteiger partial charge is 0.481 e. The van der Waals surface area contributed by atoms with E-state index in [0.717, 1.165) is 38.5 Å². The maximum absolute atomic E-state index is 12.1. The number of fused-ring (bicyclic) bond motifs is 4. The Morgan fingerprint density at radius 1 is 0.765 bits per heavy atom. The van der Waals surface area contributed by atoms with Crippen LogP contribution in [-0.2, 0) is 38.1 Å². The topological polar surface area (TPSA) is 218 Å². The molecule has 0 radical (unpaired) electrons. The Kier molecular flexibility index (Phi) is 16.5. The molecule has 4 aliphatic carbocycles. The van der Waals surface area contributed by atoms with E-state index in [-0.39, 0.29) is 98.4 Å². The van der Waals surface area contributed by atoms with Gasteiger partial charge in [-0.25, -0.2) is 9.59 Å². The molecule has 0 bridgehead atoms. The van der Waals surface area contributed by atoms with Crippen molar-refractivity contribution >= 4 is 47.0 Å². The lowest BCUT2D eigenvalue weighted by atomic mass is 9.57. The summed E-state index contributed by atoms with van der Waals surface area (Å²) in [6, 6.07) is 0.133. The predicted molar refractivity (Wildman–Crippen MR) is 186 cm³/mol. The summed E-state index contributed by atoms with van der Waals surface area (Å²) < 4.78 is 19.7. The first-order valence-electron chi connectivity index (χ1n) is 17.6. The maximum atomic E-state index is 12.1. The first-order chi connectivity index (χ1) is 23.2. The van der Waals surface area contributed by atoms with Crippen LogP contribution < -0.4 is 11.1 Å². The number of rotatable bonds is 5. The van der Waals surface area contributed by atoms with Crippen molar-refractivity contribution < 1.29 is 57.9 Å². The van der Waals surface area contributed by atoms with Crippen molar-refractivity contribution in [2.75, 3.05) is 13.2 Å². The number of nitrogens with one attached hydrogen (secondary N) is 1. The molecule has 4 saturated carbocycles. The van der Waals surface area contributed by atoms with Gasteiger partial charge >= 0.3 is 35.4 Å². The van der Waals surface area contributed by atoms with Crippen LogP contribution in [-0.4, -0.2) is 83.1 Å². The lowest BCUT2D eigenvalue weighted by molar-refractivity contribution is -0.154. The van der Waals surface area contributed by atoms with E-state index in [1.54, 1.807) is 20.8 Å². The molecule has 2 heterocycles. The number of halogens is 1. The van der Waals surface area contributed by atoms with E-state index in [0.29, 0.717) is 26.1 Å². The second-order valence-electron chi connectivity index (χ2n) is 14.3. The van der Waals surface area contributed by atoms with Crippen molar-refractivity contribution in [2.45, 2.75) is 118 Å². The molecule has 1 amide bonds. The third kappa shape index (κ3) is 10.1. The number of aliphatic carboxylic acids is 2. The molecule has 6 aliphatic rings. The third-order valence-electron chi connectivity index (χ3n) is 11.6. The number of esters is 2. The van der Waals surface area contributed by atoms with Crippen LogP contribution in [0.2, 0.25) is 0 Å². The summed E-state index contributed by atoms with van der Waals surface area (Å²) in [6.07, 6.45) is 5.16. The fourth-order valence-electron chi connectivity index (χ4n) is 9.86. The summed E-state index contributed by atoms with van der Waals surface area (Å²) >= 11 is 4.72. The van der Waals surface area contributed by atoms with Crippen molar-refractivity contribution in [1.29, 1.82) is 0 Å². The van der Waals surface area contributed by atoms with E-state index in [2.05, 4.69) is 10.1 Å². The highest BCUT2D eigenvalue weighted by atomic mass is 35.5. The predicted octanol–water partition coefficient (Wildman–Crippen LogP) is 5.47. The number of carbonyl (C=O) groups excluding carboxylic acids is 4. The first-order valence-corrected chi connectivity index (χ1v) is 17.9. The minimum absolute atomic E-state index is 0. The molecule has 5 N–H and O–H groups in total. The standard InChI is InChI=1S/C17H25NO6.C14H21NO4.C3H5ClO2.2CH4/c1-3-23-17(22)18-10-4-5-11-9(6-10)7-12-13(14(11)15(19)20)8(2)24-16(12)21;1-6-11-10(14(18)19-6)5-7-4-8(15)2-3-9(7)12(11)13(16)17;1-2-6-3(4)5;;/h8-14H,3-7H2,1-2H3,(H,18,22)(H,19,20);6-12H,2-5,15H2,1H3,(H,16,17);2H2,1H3;2*1H4/t8-,9+,10-,11-,12-,13-,14+;6-,7+,8?,9-,10-,11-,12+;;;/m11.../s1. The molecule has 6 rings (SSSR count). The van der Waals surface area contributed by atoms with Gasteiger partial charge in [0.15, 0.2) is 0 Å². The molecular weight excluding hydrogens is 688 g/mol. The van der Waals surface area contributed by atoms with Gasteiger partial charge in [0.2, 0.25) is 0 Å². The zero-order chi connectivity index (χ0) is 36.2. The molecule has 51 heavy (non-hydrogen) atoms. The van der Waals surface area contributed by atoms with E-state index in [1.807, 2.05) is 6.92 Å². The van der Waals surface area contributed by atoms with Crippen LogP contribution in [0, 0.1) is 59.2 Å². The Bertz CT molecular complexity index is 1250. The second kappa shape index (κ2) is 19.1. The van der Waals surface area contributed by atoms with Gasteiger partial charge in [0.25, 0.3) is 0 Å². The summed E-state index contributed by atoms with van der Waals surface area (Å²) in [4.78, 5) is 68.8. The average Bonchev–Trinajstić information content (AvgIpc) is 3.46. The van der Waals surface area contributed by atoms with Crippen molar-refractivity contribution in [3.8, 4) is 0 Å². The Labute approximate surface area is 306 Å². The quantitative estimate of drug-likeness (QED) is 0.156. The number of hydrogen-bond donors (Lipinski definition) is 4. The molecule has 1 unspecified atom stereocenters. The van der Waals surface area contributed by atoms with E-state index in [1.165, 1.54) is 0 Å². The van der Waals surface area contributed by atoms with Crippen LogP contribution in [0.25, 0.3) is 0 Å². The fourth-order valence-corrected chi connectivity index (χ4v) is 9.97. The van der Waals surface area contributed by atoms with Gasteiger partial charge in [-0.05, 0) is 103 Å². The van der Waals surface area contributed by atoms with Crippen LogP contribution in [0.15, 0.2) is 0 Å². The summed E-state index contributed by atoms with van der Waals surface area (Å²) in [5, 5.41) is 22.2. The molecule has 2 aliphatic heterocycles. The van der Waals surface area contributed by atoms with E-state index >= 15 is 0 Å². The number of nitrogens with two attached hydrogens (primary N) is 1. The lowest BCUT2D eigenvalue weighted by Crippen LogP contribution is -2.51. The Morgan fingerprint density at radius 2 is 1.22 bits per heavy atom. The number of cyclic esters (lactones) is 2. The van der Waals surface area contributed by atoms with Crippen molar-refractivity contribution in [1.82, 2.24) is 5.32 Å². The number of amides is 1. The highest BCUT2D eigenvalue weighted by molar-refractivity contribution is 6.61. The van der Waals surface area contributed by atoms with Crippen LogP contribution in [0.1, 0.15) is 93.9 Å². The lowest BCUT2D eigenvalue weighted by Gasteiger charge is -2.46. The maximum Gasteiger partial charge on any atom is 0.407 e. The summed E-state index contributed by atoms with van der Waals surface area (Å²) in [5.74, 6) is -3.42. The molecule has 0 aromatic carbocycles. The van der Waals surface area contributed by atoms with Gasteiger partial charge in [-0.15, -0.1) is 0 Å². The third-order valence-corrected chi connectivity index (χ3v) is 11.7. The highest BCUT2D eigenvalue weighted by Gasteiger charge is 2.59. The van der Waals surface area contributed by atoms with Gasteiger partial charge in [-0.3, -0.25) is 19.2 Å². The van der Waals surface area contributed by atoms with E-state index in [4.69, 9.17) is 31.5 Å². The number of carbonyl (C=O) groups is 6. The normalized spacial score (nSPS) is 38.5. The molecule has 0 aromatic heterocycles. The Morgan fingerprint density at radius 3 is 1.63 bits per heavy atom. The van der Waals surface area contributed by atoms with Crippen LogP contribution >= 0.6 is 11.6 Å². The molecule has 6 fully saturated rings. The molecule has 0 spiro atoms. The van der Waals surface area contributed by atoms with Gasteiger partial charge in [0, 0.05) is 35.5 Å². The van der Waals surface area contributed by atoms with Gasteiger partial charge in [0.1, 0.15) is 12.2 Å². The van der Waals surface area contributed by atoms with Crippen LogP contribution in [0.3, 0.4) is 0 Å². The van der Waals surface area contributed by atoms with Gasteiger partial charge in [-0.1, -0.05) is 14.9 Å². The first kappa shape index (κ1) is 44.0. The summed E-state index contributed by atoms with van der Waals surface area (Å²) in [5.41, 5.74) is 5.26. The SMILES string of the molecule is C.C.CCOC(=O)Cl.CCOC(=O)N[C@@H]1CC[C@@H]2[C@@H](C1)C[C@H]1C(=O)O[C@H](C)[C@H]1[C@H]2C(=O)O.C[C@H]1OC(=O)[C@@H]2C[C@@H]3CC(N)CC[C@H]3[C@H](C(=O)O)[C@H]12. The molecule has 292 valence electrons. The second-order valence-corrected chi connectivity index (χ2v) is 14.6. The molecular formula is C36H59ClN2O12. The van der Waals surface area contributed by atoms with Crippen LogP contribution in [0.4, 0.5) is 9.59 Å². The van der Waals surface area contributed by atoms with Crippen molar-refractivity contribution in [3.05, 3.63) is 0 Å². The zero-order valence-electron chi connectivity index (χ0n) is 28.6. The van der Waals surface area contributed by atoms with Crippen LogP contribution in [0.5, 0.6) is 0 Å². The monoisotopic (exact) mass is 746 g/mol. The molecule has 14 nitrogen and oxygen atoms in total. The Balaban J connectivity index is 0.000000300. The van der Waals surface area contributed by atoms with Gasteiger partial charge in [0.05, 0.1) is 36.9 Å². The zero-order valence-corrected chi connectivity index (χ0v) is 29.3. The number of carboxylic acid groups (broad SMARTS) is 2. The van der Waals surface area contributed by atoms with E-state index in [9.17, 15) is 39.0 Å².